The van der Waals surface area contributed by atoms with Gasteiger partial charge >= 0.3 is 23.8 Å². The van der Waals surface area contributed by atoms with Gasteiger partial charge in [0.25, 0.3) is 0 Å². The van der Waals surface area contributed by atoms with Crippen LogP contribution in [0.1, 0.15) is 26.3 Å². The fourth-order valence-corrected chi connectivity index (χ4v) is 2.25. The third kappa shape index (κ3) is 4.69. The van der Waals surface area contributed by atoms with Gasteiger partial charge < -0.3 is 20.1 Å². The fourth-order valence-electron chi connectivity index (χ4n) is 2.25. The maximum absolute atomic E-state index is 12.3. The molecule has 0 unspecified atom stereocenters. The highest BCUT2D eigenvalue weighted by Crippen LogP contribution is 2.20. The van der Waals surface area contributed by atoms with Gasteiger partial charge in [-0.3, -0.25) is 9.59 Å². The predicted octanol–water partition coefficient (Wildman–Crippen LogP) is 2.15. The minimum Gasteiger partial charge on any atom is -0.465 e. The Morgan fingerprint density at radius 1 is 0.778 bits per heavy atom. The van der Waals surface area contributed by atoms with Crippen LogP contribution in [0.3, 0.4) is 0 Å². The minimum atomic E-state index is -1.01. The van der Waals surface area contributed by atoms with Crippen molar-refractivity contribution in [2.24, 2.45) is 0 Å². The van der Waals surface area contributed by atoms with Crippen LogP contribution in [0, 0.1) is 6.92 Å². The van der Waals surface area contributed by atoms with E-state index in [9.17, 15) is 19.2 Å². The van der Waals surface area contributed by atoms with Gasteiger partial charge in [-0.2, -0.15) is 0 Å². The summed E-state index contributed by atoms with van der Waals surface area (Å²) in [5, 5.41) is 4.81. The largest absolute Gasteiger partial charge is 0.465 e. The van der Waals surface area contributed by atoms with Gasteiger partial charge in [0.2, 0.25) is 0 Å². The van der Waals surface area contributed by atoms with E-state index in [2.05, 4.69) is 20.1 Å². The molecule has 0 saturated heterocycles. The molecular weight excluding hydrogens is 352 g/mol. The maximum atomic E-state index is 12.3. The molecule has 0 aromatic heterocycles. The number of para-hydroxylation sites is 1. The Morgan fingerprint density at radius 3 is 1.96 bits per heavy atom. The fraction of sp³-hybridized carbons (Fsp3) is 0.158. The quantitative estimate of drug-likeness (QED) is 0.630. The number of aryl methyl sites for hydroxylation is 1. The van der Waals surface area contributed by atoms with Gasteiger partial charge in [0.15, 0.2) is 0 Å². The minimum absolute atomic E-state index is 0.0119. The SMILES string of the molecule is COC(=O)c1ccc(C(=O)OC)c(NC(=O)C(=O)Nc2ccccc2C)c1. The first-order chi connectivity index (χ1) is 12.9. The molecule has 0 heterocycles. The molecule has 2 N–H and O–H groups in total. The summed E-state index contributed by atoms with van der Waals surface area (Å²) in [5.74, 6) is -3.33. The number of amides is 2. The third-order valence-corrected chi connectivity index (χ3v) is 3.69. The second kappa shape index (κ2) is 8.61. The molecule has 0 radical (unpaired) electrons. The first-order valence-corrected chi connectivity index (χ1v) is 7.86. The molecule has 0 fully saturated rings. The topological polar surface area (TPSA) is 111 Å². The van der Waals surface area contributed by atoms with E-state index in [1.807, 2.05) is 0 Å². The van der Waals surface area contributed by atoms with Gasteiger partial charge in [-0.05, 0) is 36.8 Å². The van der Waals surface area contributed by atoms with Crippen LogP contribution in [0.25, 0.3) is 0 Å². The molecular formula is C19H18N2O6. The molecule has 2 rings (SSSR count). The molecule has 27 heavy (non-hydrogen) atoms. The predicted molar refractivity (Wildman–Crippen MR) is 97.6 cm³/mol. The molecule has 2 aromatic carbocycles. The number of ether oxygens (including phenoxy) is 2. The van der Waals surface area contributed by atoms with Crippen molar-refractivity contribution in [3.8, 4) is 0 Å². The van der Waals surface area contributed by atoms with Crippen LogP contribution in [-0.4, -0.2) is 38.0 Å². The van der Waals surface area contributed by atoms with Gasteiger partial charge in [-0.1, -0.05) is 18.2 Å². The number of rotatable bonds is 4. The Hall–Kier alpha value is -3.68. The van der Waals surface area contributed by atoms with E-state index in [1.54, 1.807) is 31.2 Å². The molecule has 0 aliphatic heterocycles. The second-order valence-electron chi connectivity index (χ2n) is 5.47. The van der Waals surface area contributed by atoms with E-state index in [-0.39, 0.29) is 16.8 Å². The number of carbonyl (C=O) groups is 4. The zero-order valence-corrected chi connectivity index (χ0v) is 15.0. The number of esters is 2. The van der Waals surface area contributed by atoms with Gasteiger partial charge in [-0.25, -0.2) is 9.59 Å². The summed E-state index contributed by atoms with van der Waals surface area (Å²) in [7, 11) is 2.37. The van der Waals surface area contributed by atoms with Crippen molar-refractivity contribution in [1.29, 1.82) is 0 Å². The molecule has 0 aliphatic rings. The van der Waals surface area contributed by atoms with E-state index in [1.165, 1.54) is 32.4 Å². The van der Waals surface area contributed by atoms with E-state index < -0.39 is 23.8 Å². The molecule has 140 valence electrons. The van der Waals surface area contributed by atoms with Crippen molar-refractivity contribution in [2.45, 2.75) is 6.92 Å². The zero-order chi connectivity index (χ0) is 20.0. The first-order valence-electron chi connectivity index (χ1n) is 7.86. The summed E-state index contributed by atoms with van der Waals surface area (Å²) in [6.07, 6.45) is 0. The van der Waals surface area contributed by atoms with Gasteiger partial charge in [0.05, 0.1) is 31.0 Å². The van der Waals surface area contributed by atoms with E-state index in [0.717, 1.165) is 5.56 Å². The van der Waals surface area contributed by atoms with Crippen molar-refractivity contribution in [3.05, 3.63) is 59.2 Å². The number of methoxy groups -OCH3 is 2. The number of anilines is 2. The molecule has 0 spiro atoms. The van der Waals surface area contributed by atoms with Crippen LogP contribution in [0.4, 0.5) is 11.4 Å². The Kier molecular flexibility index (Phi) is 6.27. The molecule has 8 nitrogen and oxygen atoms in total. The first kappa shape index (κ1) is 19.6. The van der Waals surface area contributed by atoms with Crippen molar-refractivity contribution in [3.63, 3.8) is 0 Å². The van der Waals surface area contributed by atoms with Crippen LogP contribution >= 0.6 is 0 Å². The lowest BCUT2D eigenvalue weighted by Gasteiger charge is -2.12. The van der Waals surface area contributed by atoms with Gasteiger partial charge in [0.1, 0.15) is 0 Å². The number of nitrogens with one attached hydrogen (secondary N) is 2. The second-order valence-corrected chi connectivity index (χ2v) is 5.47. The van der Waals surface area contributed by atoms with E-state index in [0.29, 0.717) is 5.69 Å². The lowest BCUT2D eigenvalue weighted by molar-refractivity contribution is -0.133. The highest BCUT2D eigenvalue weighted by Gasteiger charge is 2.21. The normalized spacial score (nSPS) is 9.89. The summed E-state index contributed by atoms with van der Waals surface area (Å²) in [4.78, 5) is 48.0. The maximum Gasteiger partial charge on any atom is 0.339 e. The van der Waals surface area contributed by atoms with Crippen molar-refractivity contribution in [1.82, 2.24) is 0 Å². The van der Waals surface area contributed by atoms with Gasteiger partial charge in [0, 0.05) is 5.69 Å². The third-order valence-electron chi connectivity index (χ3n) is 3.69. The molecule has 2 aromatic rings. The molecule has 0 aliphatic carbocycles. The van der Waals surface area contributed by atoms with Crippen LogP contribution in [0.5, 0.6) is 0 Å². The Balaban J connectivity index is 2.26. The van der Waals surface area contributed by atoms with Crippen LogP contribution in [-0.2, 0) is 19.1 Å². The molecule has 8 heteroatoms. The van der Waals surface area contributed by atoms with Crippen LogP contribution < -0.4 is 10.6 Å². The van der Waals surface area contributed by atoms with Crippen LogP contribution in [0.2, 0.25) is 0 Å². The number of benzene rings is 2. The summed E-state index contributed by atoms with van der Waals surface area (Å²) in [5.41, 5.74) is 1.30. The highest BCUT2D eigenvalue weighted by molar-refractivity contribution is 6.44. The average molecular weight is 370 g/mol. The molecule has 0 bridgehead atoms. The summed E-state index contributed by atoms with van der Waals surface area (Å²) in [6.45, 7) is 1.78. The Labute approximate surface area is 155 Å². The lowest BCUT2D eigenvalue weighted by Crippen LogP contribution is -2.30. The zero-order valence-electron chi connectivity index (χ0n) is 15.0. The monoisotopic (exact) mass is 370 g/mol. The standard InChI is InChI=1S/C19H18N2O6/c1-11-6-4-5-7-14(11)20-16(22)17(23)21-15-10-12(18(24)26-2)8-9-13(15)19(25)27-3/h4-10H,1-3H3,(H,20,22)(H,21,23). The number of hydrogen-bond acceptors (Lipinski definition) is 6. The average Bonchev–Trinajstić information content (AvgIpc) is 2.68. The Bertz CT molecular complexity index is 907. The highest BCUT2D eigenvalue weighted by atomic mass is 16.5. The smallest absolute Gasteiger partial charge is 0.339 e. The van der Waals surface area contributed by atoms with E-state index in [4.69, 9.17) is 0 Å². The molecule has 0 atom stereocenters. The van der Waals surface area contributed by atoms with Crippen LogP contribution in [0.15, 0.2) is 42.5 Å². The Morgan fingerprint density at radius 2 is 1.37 bits per heavy atom. The van der Waals surface area contributed by atoms with E-state index >= 15 is 0 Å². The van der Waals surface area contributed by atoms with Gasteiger partial charge in [-0.15, -0.1) is 0 Å². The number of carbonyl (C=O) groups excluding carboxylic acids is 4. The van der Waals surface area contributed by atoms with Crippen molar-refractivity contribution in [2.75, 3.05) is 24.9 Å². The molecule has 2 amide bonds. The summed E-state index contributed by atoms with van der Waals surface area (Å²) < 4.78 is 9.27. The summed E-state index contributed by atoms with van der Waals surface area (Å²) in [6, 6.07) is 10.8. The van der Waals surface area contributed by atoms with Crippen molar-refractivity contribution >= 4 is 35.1 Å². The molecule has 0 saturated carbocycles. The number of hydrogen-bond donors (Lipinski definition) is 2. The van der Waals surface area contributed by atoms with Crippen molar-refractivity contribution < 1.29 is 28.7 Å². The lowest BCUT2D eigenvalue weighted by atomic mass is 10.1. The summed E-state index contributed by atoms with van der Waals surface area (Å²) >= 11 is 0.